The predicted molar refractivity (Wildman–Crippen MR) is 214 cm³/mol. The molecule has 0 spiro atoms. The van der Waals surface area contributed by atoms with Crippen LogP contribution in [0.4, 0.5) is 111 Å². The van der Waals surface area contributed by atoms with E-state index in [9.17, 15) is 120 Å². The number of aromatic nitrogens is 1. The van der Waals surface area contributed by atoms with Gasteiger partial charge in [-0.1, -0.05) is 66.7 Å². The highest BCUT2D eigenvalue weighted by atomic mass is 19.4. The lowest BCUT2D eigenvalue weighted by atomic mass is 9.12. The number of para-hydroxylation sites is 1. The minimum Gasteiger partial charge on any atom is -0.287 e. The number of carbonyl (C=O) groups is 1. The highest BCUT2D eigenvalue weighted by Gasteiger charge is 2.47. The van der Waals surface area contributed by atoms with E-state index in [0.29, 0.717) is 0 Å². The number of nitro groups is 1. The number of halogens is 24. The topological polar surface area (TPSA) is 64.1 Å². The normalized spacial score (nSPS) is 13.3. The largest absolute Gasteiger partial charge is 0.416 e. The molecule has 402 valence electrons. The summed E-state index contributed by atoms with van der Waals surface area (Å²) in [4.78, 5) is 22.3. The summed E-state index contributed by atoms with van der Waals surface area (Å²) in [5, 5.41) is 10.8. The van der Waals surface area contributed by atoms with Crippen molar-refractivity contribution in [3.63, 3.8) is 0 Å². The average molecular weight is 1110 g/mol. The lowest BCUT2D eigenvalue weighted by molar-refractivity contribution is -0.683. The van der Waals surface area contributed by atoms with Crippen molar-refractivity contribution in [2.45, 2.75) is 56.0 Å². The minimum atomic E-state index is -6.13. The van der Waals surface area contributed by atoms with Crippen LogP contribution in [0.1, 0.15) is 54.9 Å². The first-order valence-electron chi connectivity index (χ1n) is 20.0. The molecule has 0 saturated carbocycles. The number of benzene rings is 5. The molecule has 0 N–H and O–H groups in total. The Morgan fingerprint density at radius 2 is 0.627 bits per heavy atom. The summed E-state index contributed by atoms with van der Waals surface area (Å²) in [5.41, 5.74) is -30.2. The number of pyridine rings is 1. The van der Waals surface area contributed by atoms with Gasteiger partial charge < -0.3 is 0 Å². The standard InChI is InChI=1S/C32H12BF24.C13H11N2O3/c34-25(35,36)13-1-14(26(37,38)39)6-21(5-13)33(22-7-15(27(40,41)42)2-16(8-22)28(43,44)45,23-9-17(29(46,47)48)3-18(10-23)30(49,50)51)24-11-19(31(52,53)54)4-20(12-24)32(55,56)57;16-13(10-14-8-4-1-5-9-14)11-6-2-3-7-12(11)15(17)18/h1-12H;1-9H,10H2/q-1;+1. The summed E-state index contributed by atoms with van der Waals surface area (Å²) < 4.78 is 343. The molecule has 0 amide bonds. The Balaban J connectivity index is 0.000000483. The molecule has 75 heavy (non-hydrogen) atoms. The number of hydrogen-bond acceptors (Lipinski definition) is 3. The van der Waals surface area contributed by atoms with Gasteiger partial charge in [0, 0.05) is 18.2 Å². The predicted octanol–water partition coefficient (Wildman–Crippen LogP) is 13.0. The van der Waals surface area contributed by atoms with Gasteiger partial charge in [0.2, 0.25) is 12.3 Å². The fraction of sp³-hybridized carbons (Fsp3) is 0.200. The second-order valence-electron chi connectivity index (χ2n) is 16.0. The molecule has 5 aromatic carbocycles. The minimum absolute atomic E-state index is 0.0890. The van der Waals surface area contributed by atoms with E-state index in [1.807, 2.05) is 6.07 Å². The third-order valence-electron chi connectivity index (χ3n) is 10.9. The van der Waals surface area contributed by atoms with Crippen LogP contribution in [0.5, 0.6) is 0 Å². The van der Waals surface area contributed by atoms with E-state index < -0.39 is 200 Å². The van der Waals surface area contributed by atoms with E-state index in [-0.39, 0.29) is 23.6 Å². The van der Waals surface area contributed by atoms with Crippen molar-refractivity contribution >= 4 is 39.5 Å². The fourth-order valence-corrected chi connectivity index (χ4v) is 7.73. The SMILES string of the molecule is FC(F)(F)c1cc([B-](c2cc(C(F)(F)F)cc(C(F)(F)F)c2)(c2cc(C(F)(F)F)cc(C(F)(F)F)c2)c2cc(C(F)(F)F)cc(C(F)(F)F)c2)cc(C(F)(F)F)c1.O=C(C[n+]1ccccc1)c1ccccc1[N+](=O)[O-]. The summed E-state index contributed by atoms with van der Waals surface area (Å²) in [5.74, 6) is -0.279. The van der Waals surface area contributed by atoms with Gasteiger partial charge in [-0.2, -0.15) is 132 Å². The van der Waals surface area contributed by atoms with E-state index in [2.05, 4.69) is 0 Å². The summed E-state index contributed by atoms with van der Waals surface area (Å²) in [6.07, 6.45) is -51.3. The maximum atomic E-state index is 14.2. The summed E-state index contributed by atoms with van der Waals surface area (Å²) in [6.45, 7) is 0.0890. The smallest absolute Gasteiger partial charge is 0.287 e. The fourth-order valence-electron chi connectivity index (χ4n) is 7.73. The number of nitrogens with zero attached hydrogens (tertiary/aromatic N) is 2. The molecule has 0 aliphatic heterocycles. The zero-order valence-corrected chi connectivity index (χ0v) is 36.1. The monoisotopic (exact) mass is 1110 g/mol. The molecule has 0 atom stereocenters. The number of hydrogen-bond donors (Lipinski definition) is 0. The summed E-state index contributed by atoms with van der Waals surface area (Å²) >= 11 is 0. The van der Waals surface area contributed by atoms with Crippen molar-refractivity contribution in [1.82, 2.24) is 0 Å². The first kappa shape index (κ1) is 58.6. The molecule has 6 aromatic rings. The zero-order valence-electron chi connectivity index (χ0n) is 36.1. The van der Waals surface area contributed by atoms with Gasteiger partial charge in [-0.05, 0) is 30.3 Å². The van der Waals surface area contributed by atoms with E-state index >= 15 is 0 Å². The number of nitro benzene ring substituents is 1. The number of ketones is 1. The Hall–Kier alpha value is -7.30. The summed E-state index contributed by atoms with van der Waals surface area (Å²) in [6, 6.07) is 2.61. The van der Waals surface area contributed by atoms with E-state index in [4.69, 9.17) is 0 Å². The van der Waals surface area contributed by atoms with Crippen molar-refractivity contribution in [3.05, 3.63) is 188 Å². The van der Waals surface area contributed by atoms with Gasteiger partial charge in [0.15, 0.2) is 12.4 Å². The van der Waals surface area contributed by atoms with Crippen LogP contribution in [0.25, 0.3) is 0 Å². The second-order valence-corrected chi connectivity index (χ2v) is 16.0. The molecule has 6 rings (SSSR count). The van der Waals surface area contributed by atoms with Crippen molar-refractivity contribution < 1.29 is 120 Å². The van der Waals surface area contributed by atoms with Crippen LogP contribution in [0.3, 0.4) is 0 Å². The van der Waals surface area contributed by atoms with Crippen LogP contribution in [0.15, 0.2) is 128 Å². The molecule has 0 bridgehead atoms. The van der Waals surface area contributed by atoms with Crippen LogP contribution in [0.2, 0.25) is 0 Å². The Morgan fingerprint density at radius 3 is 0.853 bits per heavy atom. The Labute approximate surface area is 402 Å². The summed E-state index contributed by atoms with van der Waals surface area (Å²) in [7, 11) is 0. The molecule has 30 heteroatoms. The Bertz CT molecular complexity index is 2640. The van der Waals surface area contributed by atoms with E-state index in [0.717, 1.165) is 0 Å². The number of rotatable bonds is 8. The van der Waals surface area contributed by atoms with Crippen molar-refractivity contribution in [1.29, 1.82) is 0 Å². The lowest BCUT2D eigenvalue weighted by Crippen LogP contribution is -2.75. The molecule has 0 aliphatic rings. The Morgan fingerprint density at radius 1 is 0.387 bits per heavy atom. The van der Waals surface area contributed by atoms with Gasteiger partial charge in [-0.15, -0.1) is 0 Å². The van der Waals surface area contributed by atoms with Crippen molar-refractivity contribution in [2.24, 2.45) is 0 Å². The third kappa shape index (κ3) is 13.5. The van der Waals surface area contributed by atoms with Crippen LogP contribution in [-0.4, -0.2) is 16.9 Å². The highest BCUT2D eigenvalue weighted by Crippen LogP contribution is 2.41. The molecule has 0 aliphatic carbocycles. The van der Waals surface area contributed by atoms with Crippen molar-refractivity contribution in [2.75, 3.05) is 0 Å². The molecular weight excluding hydrogens is 1080 g/mol. The average Bonchev–Trinajstić information content (AvgIpc) is 3.27. The van der Waals surface area contributed by atoms with Crippen LogP contribution in [0, 0.1) is 10.1 Å². The molecule has 0 radical (unpaired) electrons. The van der Waals surface area contributed by atoms with Gasteiger partial charge in [0.05, 0.1) is 49.4 Å². The van der Waals surface area contributed by atoms with E-state index in [1.54, 1.807) is 41.2 Å². The molecule has 0 saturated heterocycles. The maximum Gasteiger partial charge on any atom is 0.416 e. The van der Waals surface area contributed by atoms with Gasteiger partial charge in [0.25, 0.3) is 5.69 Å². The molecule has 1 heterocycles. The van der Waals surface area contributed by atoms with E-state index in [1.165, 1.54) is 12.1 Å². The van der Waals surface area contributed by atoms with Crippen LogP contribution >= 0.6 is 0 Å². The molecule has 0 unspecified atom stereocenters. The molecule has 0 fully saturated rings. The second kappa shape index (κ2) is 20.1. The highest BCUT2D eigenvalue weighted by molar-refractivity contribution is 7.20. The first-order valence-corrected chi connectivity index (χ1v) is 20.0. The molecular formula is C45H23BF24N2O3. The number of alkyl halides is 24. The van der Waals surface area contributed by atoms with Gasteiger partial charge in [-0.3, -0.25) is 14.9 Å². The van der Waals surface area contributed by atoms with Gasteiger partial charge >= 0.3 is 49.4 Å². The zero-order chi connectivity index (χ0) is 56.9. The van der Waals surface area contributed by atoms with Crippen LogP contribution in [-0.2, 0) is 56.0 Å². The number of carbonyl (C=O) groups excluding carboxylic acids is 1. The van der Waals surface area contributed by atoms with Gasteiger partial charge in [0.1, 0.15) is 11.7 Å². The Kier molecular flexibility index (Phi) is 15.7. The quantitative estimate of drug-likeness (QED) is 0.0381. The maximum absolute atomic E-state index is 14.2. The first-order chi connectivity index (χ1) is 33.9. The van der Waals surface area contributed by atoms with Crippen LogP contribution < -0.4 is 26.4 Å². The number of Topliss-reactive ketones (excluding diaryl/α,β-unsaturated/α-hetero) is 1. The molecule has 5 nitrogen and oxygen atoms in total. The van der Waals surface area contributed by atoms with Crippen molar-refractivity contribution in [3.8, 4) is 0 Å². The third-order valence-corrected chi connectivity index (χ3v) is 10.9. The van der Waals surface area contributed by atoms with Gasteiger partial charge in [-0.25, -0.2) is 0 Å². The molecule has 1 aromatic heterocycles. The lowest BCUT2D eigenvalue weighted by Gasteiger charge is -2.46.